The molecule has 10 heteroatoms. The number of benzene rings is 1. The van der Waals surface area contributed by atoms with Gasteiger partial charge in [-0.1, -0.05) is 11.6 Å². The van der Waals surface area contributed by atoms with Crippen LogP contribution in [0.15, 0.2) is 36.8 Å². The molecule has 31 heavy (non-hydrogen) atoms. The first-order chi connectivity index (χ1) is 15.0. The minimum Gasteiger partial charge on any atom is -0.370 e. The van der Waals surface area contributed by atoms with E-state index in [-0.39, 0.29) is 6.10 Å². The van der Waals surface area contributed by atoms with Crippen LogP contribution in [0.3, 0.4) is 0 Å². The summed E-state index contributed by atoms with van der Waals surface area (Å²) in [5.74, 6) is -0.0232. The molecule has 1 saturated heterocycles. The van der Waals surface area contributed by atoms with Gasteiger partial charge in [-0.3, -0.25) is 4.68 Å². The number of hydrogen-bond acceptors (Lipinski definition) is 7. The predicted molar refractivity (Wildman–Crippen MR) is 114 cm³/mol. The minimum atomic E-state index is -0.476. The first-order valence-electron chi connectivity index (χ1n) is 9.80. The van der Waals surface area contributed by atoms with Crippen LogP contribution in [0.25, 0.3) is 22.4 Å². The number of anilines is 1. The molecule has 0 saturated carbocycles. The fourth-order valence-corrected chi connectivity index (χ4v) is 3.79. The van der Waals surface area contributed by atoms with Gasteiger partial charge in [0.1, 0.15) is 23.1 Å². The first kappa shape index (κ1) is 19.8. The average Bonchev–Trinajstić information content (AvgIpc) is 3.19. The molecule has 0 spiro atoms. The number of aromatic nitrogens is 6. The topological polar surface area (TPSA) is 81.9 Å². The SMILES string of the molecule is Cc1cnc2c(-c3ccc(Cl)cc3F)nc(N3CCOC(c4cnn(C)c4)C3)nc2n1. The average molecular weight is 440 g/mol. The highest BCUT2D eigenvalue weighted by Crippen LogP contribution is 2.31. The van der Waals surface area contributed by atoms with Gasteiger partial charge in [-0.25, -0.2) is 19.3 Å². The fraction of sp³-hybridized carbons (Fsp3) is 0.286. The van der Waals surface area contributed by atoms with Crippen LogP contribution in [0.4, 0.5) is 10.3 Å². The zero-order valence-electron chi connectivity index (χ0n) is 17.0. The lowest BCUT2D eigenvalue weighted by Gasteiger charge is -2.32. The zero-order valence-corrected chi connectivity index (χ0v) is 17.7. The number of ether oxygens (including phenoxy) is 1. The van der Waals surface area contributed by atoms with Crippen molar-refractivity contribution in [2.45, 2.75) is 13.0 Å². The maximum Gasteiger partial charge on any atom is 0.228 e. The molecule has 0 aliphatic carbocycles. The Kier molecular flexibility index (Phi) is 4.99. The van der Waals surface area contributed by atoms with Crippen LogP contribution in [0, 0.1) is 12.7 Å². The van der Waals surface area contributed by atoms with E-state index in [0.29, 0.717) is 53.1 Å². The van der Waals surface area contributed by atoms with E-state index >= 15 is 0 Å². The molecule has 0 bridgehead atoms. The van der Waals surface area contributed by atoms with Crippen molar-refractivity contribution < 1.29 is 9.13 Å². The number of morpholine rings is 1. The number of fused-ring (bicyclic) bond motifs is 1. The van der Waals surface area contributed by atoms with Gasteiger partial charge < -0.3 is 9.64 Å². The molecule has 0 N–H and O–H groups in total. The van der Waals surface area contributed by atoms with E-state index in [9.17, 15) is 4.39 Å². The second kappa shape index (κ2) is 7.82. The molecule has 158 valence electrons. The number of hydrogen-bond donors (Lipinski definition) is 0. The molecular formula is C21H19ClFN7O. The molecule has 1 aliphatic rings. The maximum atomic E-state index is 14.8. The molecule has 0 radical (unpaired) electrons. The summed E-state index contributed by atoms with van der Waals surface area (Å²) >= 11 is 5.94. The smallest absolute Gasteiger partial charge is 0.228 e. The van der Waals surface area contributed by atoms with Crippen molar-refractivity contribution in [3.05, 3.63) is 58.9 Å². The summed E-state index contributed by atoms with van der Waals surface area (Å²) in [4.78, 5) is 20.3. The molecule has 5 rings (SSSR count). The van der Waals surface area contributed by atoms with Crippen LogP contribution < -0.4 is 4.90 Å². The zero-order chi connectivity index (χ0) is 21.5. The second-order valence-electron chi connectivity index (χ2n) is 7.43. The Bertz CT molecular complexity index is 1280. The first-order valence-corrected chi connectivity index (χ1v) is 10.2. The molecule has 1 aliphatic heterocycles. The van der Waals surface area contributed by atoms with Gasteiger partial charge in [-0.2, -0.15) is 10.1 Å². The Morgan fingerprint density at radius 1 is 1.19 bits per heavy atom. The van der Waals surface area contributed by atoms with Crippen LogP contribution in [0.2, 0.25) is 5.02 Å². The monoisotopic (exact) mass is 439 g/mol. The molecule has 3 aromatic heterocycles. The van der Waals surface area contributed by atoms with Crippen molar-refractivity contribution >= 4 is 28.7 Å². The van der Waals surface area contributed by atoms with Crippen molar-refractivity contribution in [3.8, 4) is 11.3 Å². The third kappa shape index (κ3) is 3.82. The molecule has 1 unspecified atom stereocenters. The molecule has 1 atom stereocenters. The van der Waals surface area contributed by atoms with Crippen LogP contribution in [0.1, 0.15) is 17.4 Å². The normalized spacial score (nSPS) is 16.8. The van der Waals surface area contributed by atoms with Gasteiger partial charge in [0.05, 0.1) is 25.0 Å². The molecule has 1 aromatic carbocycles. The van der Waals surface area contributed by atoms with E-state index in [4.69, 9.17) is 21.3 Å². The number of nitrogens with zero attached hydrogens (tertiary/aromatic N) is 7. The Morgan fingerprint density at radius 3 is 2.84 bits per heavy atom. The third-order valence-corrected chi connectivity index (χ3v) is 5.38. The molecular weight excluding hydrogens is 421 g/mol. The number of halogens is 2. The molecule has 1 fully saturated rings. The van der Waals surface area contributed by atoms with Crippen LogP contribution in [-0.2, 0) is 11.8 Å². The summed E-state index contributed by atoms with van der Waals surface area (Å²) < 4.78 is 22.4. The van der Waals surface area contributed by atoms with Crippen LogP contribution in [0.5, 0.6) is 0 Å². The molecule has 4 aromatic rings. The summed E-state index contributed by atoms with van der Waals surface area (Å²) in [5, 5.41) is 4.54. The summed E-state index contributed by atoms with van der Waals surface area (Å²) in [7, 11) is 1.87. The van der Waals surface area contributed by atoms with Gasteiger partial charge in [0.25, 0.3) is 0 Å². The van der Waals surface area contributed by atoms with Gasteiger partial charge in [0.15, 0.2) is 5.65 Å². The van der Waals surface area contributed by atoms with Gasteiger partial charge in [0.2, 0.25) is 5.95 Å². The largest absolute Gasteiger partial charge is 0.370 e. The summed E-state index contributed by atoms with van der Waals surface area (Å²) in [6, 6.07) is 4.49. The molecule has 8 nitrogen and oxygen atoms in total. The number of aryl methyl sites for hydroxylation is 2. The van der Waals surface area contributed by atoms with Crippen molar-refractivity contribution in [2.24, 2.45) is 7.05 Å². The van der Waals surface area contributed by atoms with E-state index in [1.165, 1.54) is 6.07 Å². The fourth-order valence-electron chi connectivity index (χ4n) is 3.63. The van der Waals surface area contributed by atoms with Crippen molar-refractivity contribution in [3.63, 3.8) is 0 Å². The quantitative estimate of drug-likeness (QED) is 0.483. The summed E-state index contributed by atoms with van der Waals surface area (Å²) in [5.41, 5.74) is 3.23. The third-order valence-electron chi connectivity index (χ3n) is 5.15. The lowest BCUT2D eigenvalue weighted by atomic mass is 10.1. The van der Waals surface area contributed by atoms with Gasteiger partial charge in [-0.05, 0) is 25.1 Å². The van der Waals surface area contributed by atoms with Crippen molar-refractivity contribution in [1.82, 2.24) is 29.7 Å². The second-order valence-corrected chi connectivity index (χ2v) is 7.87. The highest BCUT2D eigenvalue weighted by atomic mass is 35.5. The highest BCUT2D eigenvalue weighted by Gasteiger charge is 2.26. The Morgan fingerprint density at radius 2 is 2.06 bits per heavy atom. The lowest BCUT2D eigenvalue weighted by Crippen LogP contribution is -2.39. The molecule has 4 heterocycles. The van der Waals surface area contributed by atoms with E-state index < -0.39 is 5.82 Å². The summed E-state index contributed by atoms with van der Waals surface area (Å²) in [6.45, 7) is 3.48. The lowest BCUT2D eigenvalue weighted by molar-refractivity contribution is 0.0392. The summed E-state index contributed by atoms with van der Waals surface area (Å²) in [6.07, 6.45) is 5.17. The number of rotatable bonds is 3. The highest BCUT2D eigenvalue weighted by molar-refractivity contribution is 6.30. The predicted octanol–water partition coefficient (Wildman–Crippen LogP) is 3.50. The Labute approximate surface area is 182 Å². The van der Waals surface area contributed by atoms with E-state index in [0.717, 1.165) is 11.3 Å². The maximum absolute atomic E-state index is 14.8. The Balaban J connectivity index is 1.60. The van der Waals surface area contributed by atoms with E-state index in [1.807, 2.05) is 25.1 Å². The van der Waals surface area contributed by atoms with E-state index in [1.54, 1.807) is 29.2 Å². The van der Waals surface area contributed by atoms with Crippen LogP contribution in [-0.4, -0.2) is 49.4 Å². The standard InChI is InChI=1S/C21H19ClFN7O/c1-12-8-24-19-18(15-4-3-14(22)7-16(15)23)27-21(28-20(19)26-12)30-5-6-31-17(11-30)13-9-25-29(2)10-13/h3-4,7-10,17H,5-6,11H2,1-2H3. The van der Waals surface area contributed by atoms with Crippen molar-refractivity contribution in [2.75, 3.05) is 24.6 Å². The molecule has 0 amide bonds. The van der Waals surface area contributed by atoms with Gasteiger partial charge in [-0.15, -0.1) is 0 Å². The van der Waals surface area contributed by atoms with E-state index in [2.05, 4.69) is 20.1 Å². The van der Waals surface area contributed by atoms with Crippen LogP contribution >= 0.6 is 11.6 Å². The Hall–Kier alpha value is -3.17. The van der Waals surface area contributed by atoms with Gasteiger partial charge >= 0.3 is 0 Å². The minimum absolute atomic E-state index is 0.166. The van der Waals surface area contributed by atoms with Crippen molar-refractivity contribution in [1.29, 1.82) is 0 Å². The van der Waals surface area contributed by atoms with Gasteiger partial charge in [0, 0.05) is 42.1 Å².